The Labute approximate surface area is 79.4 Å². The van der Waals surface area contributed by atoms with Crippen LogP contribution in [0.2, 0.25) is 0 Å². The quantitative estimate of drug-likeness (QED) is 0.696. The number of aromatic amines is 1. The lowest BCUT2D eigenvalue weighted by molar-refractivity contribution is 0.0934. The van der Waals surface area contributed by atoms with E-state index in [1.54, 1.807) is 0 Å². The molecule has 0 atom stereocenters. The highest BCUT2D eigenvalue weighted by molar-refractivity contribution is 5.97. The molecule has 2 nitrogen and oxygen atoms in total. The molecule has 1 N–H and O–H groups in total. The molecule has 0 aliphatic heterocycles. The van der Waals surface area contributed by atoms with Crippen LogP contribution in [0.5, 0.6) is 0 Å². The smallest absolute Gasteiger partial charge is 0.181 e. The van der Waals surface area contributed by atoms with Crippen molar-refractivity contribution in [3.05, 3.63) is 22.5 Å². The Hall–Kier alpha value is -1.05. The highest BCUT2D eigenvalue weighted by Crippen LogP contribution is 2.18. The minimum Gasteiger partial charge on any atom is -0.356 e. The van der Waals surface area contributed by atoms with Crippen molar-refractivity contribution in [2.24, 2.45) is 5.92 Å². The summed E-state index contributed by atoms with van der Waals surface area (Å²) < 4.78 is 0. The molecule has 2 heteroatoms. The van der Waals surface area contributed by atoms with Gasteiger partial charge in [0, 0.05) is 11.6 Å². The van der Waals surface area contributed by atoms with Gasteiger partial charge in [-0.05, 0) is 31.9 Å². The van der Waals surface area contributed by atoms with Crippen LogP contribution in [0, 0.1) is 26.7 Å². The zero-order valence-electron chi connectivity index (χ0n) is 8.99. The summed E-state index contributed by atoms with van der Waals surface area (Å²) in [6, 6.07) is 0. The molecule has 1 aromatic rings. The van der Waals surface area contributed by atoms with Crippen molar-refractivity contribution in [1.82, 2.24) is 4.98 Å². The van der Waals surface area contributed by atoms with Crippen molar-refractivity contribution in [1.29, 1.82) is 0 Å². The molecule has 0 aromatic carbocycles. The average molecular weight is 179 g/mol. The number of hydrogen-bond acceptors (Lipinski definition) is 1. The van der Waals surface area contributed by atoms with Crippen LogP contribution < -0.4 is 0 Å². The van der Waals surface area contributed by atoms with Gasteiger partial charge >= 0.3 is 0 Å². The molecule has 0 unspecified atom stereocenters. The second kappa shape index (κ2) is 3.36. The van der Waals surface area contributed by atoms with Crippen molar-refractivity contribution in [2.45, 2.75) is 34.6 Å². The number of carbonyl (C=O) groups excluding carboxylic acids is 1. The van der Waals surface area contributed by atoms with E-state index >= 15 is 0 Å². The molecule has 0 saturated carbocycles. The summed E-state index contributed by atoms with van der Waals surface area (Å²) in [6.45, 7) is 9.88. The molecule has 0 amide bonds. The lowest BCUT2D eigenvalue weighted by Crippen LogP contribution is -2.09. The second-order valence-corrected chi connectivity index (χ2v) is 3.89. The van der Waals surface area contributed by atoms with E-state index in [1.165, 1.54) is 5.56 Å². The van der Waals surface area contributed by atoms with E-state index in [9.17, 15) is 4.79 Å². The lowest BCUT2D eigenvalue weighted by atomic mass is 10.0. The van der Waals surface area contributed by atoms with Crippen molar-refractivity contribution >= 4 is 5.78 Å². The third-order valence-electron chi connectivity index (χ3n) is 2.58. The Kier molecular flexibility index (Phi) is 2.60. The van der Waals surface area contributed by atoms with Crippen molar-refractivity contribution in [2.75, 3.05) is 0 Å². The average Bonchev–Trinajstić information content (AvgIpc) is 2.31. The standard InChI is InChI=1S/C11H17NO/c1-6(2)11(13)10-8(4)7(3)9(5)12-10/h6,12H,1-5H3. The van der Waals surface area contributed by atoms with Gasteiger partial charge in [-0.15, -0.1) is 0 Å². The first-order valence-corrected chi connectivity index (χ1v) is 4.65. The number of ketones is 1. The molecule has 72 valence electrons. The molecule has 0 radical (unpaired) electrons. The van der Waals surface area contributed by atoms with Gasteiger partial charge in [-0.3, -0.25) is 4.79 Å². The maximum Gasteiger partial charge on any atom is 0.181 e. The van der Waals surface area contributed by atoms with Gasteiger partial charge in [-0.1, -0.05) is 13.8 Å². The van der Waals surface area contributed by atoms with Crippen LogP contribution in [-0.4, -0.2) is 10.8 Å². The summed E-state index contributed by atoms with van der Waals surface area (Å²) in [5, 5.41) is 0. The lowest BCUT2D eigenvalue weighted by Gasteiger charge is -2.02. The van der Waals surface area contributed by atoms with Crippen LogP contribution in [0.15, 0.2) is 0 Å². The van der Waals surface area contributed by atoms with Crippen molar-refractivity contribution in [3.8, 4) is 0 Å². The van der Waals surface area contributed by atoms with Crippen LogP contribution in [0.25, 0.3) is 0 Å². The Bertz CT molecular complexity index is 334. The maximum atomic E-state index is 11.7. The fourth-order valence-electron chi connectivity index (χ4n) is 1.38. The third-order valence-corrected chi connectivity index (χ3v) is 2.58. The van der Waals surface area contributed by atoms with Gasteiger partial charge in [0.1, 0.15) is 0 Å². The number of Topliss-reactive ketones (excluding diaryl/α,β-unsaturated/α-hetero) is 1. The highest BCUT2D eigenvalue weighted by Gasteiger charge is 2.17. The second-order valence-electron chi connectivity index (χ2n) is 3.89. The van der Waals surface area contributed by atoms with E-state index in [1.807, 2.05) is 34.6 Å². The zero-order valence-corrected chi connectivity index (χ0v) is 8.99. The number of hydrogen-bond donors (Lipinski definition) is 1. The Morgan fingerprint density at radius 1 is 1.15 bits per heavy atom. The monoisotopic (exact) mass is 179 g/mol. The molecular formula is C11H17NO. The first kappa shape index (κ1) is 10.0. The first-order valence-electron chi connectivity index (χ1n) is 4.65. The zero-order chi connectivity index (χ0) is 10.2. The van der Waals surface area contributed by atoms with E-state index < -0.39 is 0 Å². The third kappa shape index (κ3) is 1.67. The predicted molar refractivity (Wildman–Crippen MR) is 54.2 cm³/mol. The molecule has 0 saturated heterocycles. The fraction of sp³-hybridized carbons (Fsp3) is 0.545. The summed E-state index contributed by atoms with van der Waals surface area (Å²) in [4.78, 5) is 14.8. The molecule has 0 spiro atoms. The molecule has 0 fully saturated rings. The number of carbonyl (C=O) groups is 1. The number of aromatic nitrogens is 1. The number of H-pyrrole nitrogens is 1. The van der Waals surface area contributed by atoms with E-state index in [2.05, 4.69) is 4.98 Å². The molecule has 0 bridgehead atoms. The molecular weight excluding hydrogens is 162 g/mol. The van der Waals surface area contributed by atoms with Gasteiger partial charge in [-0.2, -0.15) is 0 Å². The predicted octanol–water partition coefficient (Wildman–Crippen LogP) is 2.78. The molecule has 1 heterocycles. The van der Waals surface area contributed by atoms with Crippen molar-refractivity contribution < 1.29 is 4.79 Å². The van der Waals surface area contributed by atoms with Crippen LogP contribution in [0.4, 0.5) is 0 Å². The van der Waals surface area contributed by atoms with Gasteiger partial charge in [-0.25, -0.2) is 0 Å². The van der Waals surface area contributed by atoms with E-state index in [-0.39, 0.29) is 11.7 Å². The Balaban J connectivity index is 3.16. The van der Waals surface area contributed by atoms with Gasteiger partial charge < -0.3 is 4.98 Å². The Morgan fingerprint density at radius 2 is 1.69 bits per heavy atom. The van der Waals surface area contributed by atoms with Crippen molar-refractivity contribution in [3.63, 3.8) is 0 Å². The first-order chi connectivity index (χ1) is 5.95. The topological polar surface area (TPSA) is 32.9 Å². The number of aryl methyl sites for hydroxylation is 1. The van der Waals surface area contributed by atoms with Gasteiger partial charge in [0.05, 0.1) is 5.69 Å². The largest absolute Gasteiger partial charge is 0.356 e. The maximum absolute atomic E-state index is 11.7. The Morgan fingerprint density at radius 3 is 2.00 bits per heavy atom. The number of nitrogens with one attached hydrogen (secondary N) is 1. The van der Waals surface area contributed by atoms with Gasteiger partial charge in [0.15, 0.2) is 5.78 Å². The highest BCUT2D eigenvalue weighted by atomic mass is 16.1. The van der Waals surface area contributed by atoms with Crippen LogP contribution in [-0.2, 0) is 0 Å². The summed E-state index contributed by atoms with van der Waals surface area (Å²) in [5.41, 5.74) is 4.17. The summed E-state index contributed by atoms with van der Waals surface area (Å²) >= 11 is 0. The number of rotatable bonds is 2. The van der Waals surface area contributed by atoms with Crippen LogP contribution in [0.3, 0.4) is 0 Å². The fourth-order valence-corrected chi connectivity index (χ4v) is 1.38. The van der Waals surface area contributed by atoms with E-state index in [4.69, 9.17) is 0 Å². The van der Waals surface area contributed by atoms with Gasteiger partial charge in [0.2, 0.25) is 0 Å². The summed E-state index contributed by atoms with van der Waals surface area (Å²) in [6.07, 6.45) is 0. The molecule has 1 rings (SSSR count). The minimum atomic E-state index is 0.0659. The summed E-state index contributed by atoms with van der Waals surface area (Å²) in [7, 11) is 0. The molecule has 0 aliphatic rings. The minimum absolute atomic E-state index is 0.0659. The summed E-state index contributed by atoms with van der Waals surface area (Å²) in [5.74, 6) is 0.268. The molecule has 1 aromatic heterocycles. The van der Waals surface area contributed by atoms with E-state index in [0.29, 0.717) is 0 Å². The SMILES string of the molecule is Cc1[nH]c(C(=O)C(C)C)c(C)c1C. The molecule has 0 aliphatic carbocycles. The normalized spacial score (nSPS) is 10.9. The van der Waals surface area contributed by atoms with E-state index in [0.717, 1.165) is 17.0 Å². The molecule has 13 heavy (non-hydrogen) atoms. The van der Waals surface area contributed by atoms with Gasteiger partial charge in [0.25, 0.3) is 0 Å². The van der Waals surface area contributed by atoms with Crippen LogP contribution >= 0.6 is 0 Å². The van der Waals surface area contributed by atoms with Crippen LogP contribution in [0.1, 0.15) is 41.2 Å².